The molecule has 0 N–H and O–H groups in total. The Morgan fingerprint density at radius 3 is 2.68 bits per heavy atom. The molecule has 0 bridgehead atoms. The van der Waals surface area contributed by atoms with Crippen LogP contribution in [0.15, 0.2) is 58.0 Å². The number of rotatable bonds is 2. The van der Waals surface area contributed by atoms with Gasteiger partial charge in [0.15, 0.2) is 0 Å². The molecule has 1 saturated heterocycles. The van der Waals surface area contributed by atoms with Crippen LogP contribution in [0.4, 0.5) is 10.5 Å². The van der Waals surface area contributed by atoms with Crippen LogP contribution in [0.5, 0.6) is 0 Å². The predicted octanol–water partition coefficient (Wildman–Crippen LogP) is 4.84. The predicted molar refractivity (Wildman–Crippen MR) is 101 cm³/mol. The third-order valence-electron chi connectivity index (χ3n) is 5.06. The zero-order valence-electron chi connectivity index (χ0n) is 13.8. The van der Waals surface area contributed by atoms with Crippen LogP contribution in [0.3, 0.4) is 0 Å². The van der Waals surface area contributed by atoms with Gasteiger partial charge in [-0.25, -0.2) is 4.79 Å². The van der Waals surface area contributed by atoms with Crippen molar-refractivity contribution in [2.45, 2.75) is 24.9 Å². The molecule has 5 heteroatoms. The number of nitrogens with zero attached hydrogens (tertiary/aromatic N) is 2. The van der Waals surface area contributed by atoms with Crippen LogP contribution in [-0.4, -0.2) is 30.3 Å². The van der Waals surface area contributed by atoms with Gasteiger partial charge in [-0.15, -0.1) is 0 Å². The first-order chi connectivity index (χ1) is 12.2. The molecule has 1 spiro atoms. The summed E-state index contributed by atoms with van der Waals surface area (Å²) in [6.07, 6.45) is 3.58. The topological polar surface area (TPSA) is 41.9 Å². The van der Waals surface area contributed by atoms with Gasteiger partial charge >= 0.3 is 6.09 Å². The molecule has 2 aromatic rings. The highest BCUT2D eigenvalue weighted by atomic mass is 79.9. The normalized spacial score (nSPS) is 17.6. The summed E-state index contributed by atoms with van der Waals surface area (Å²) in [7, 11) is 0. The average Bonchev–Trinajstić information content (AvgIpc) is 2.99. The molecule has 4 nitrogen and oxygen atoms in total. The molecule has 2 aliphatic heterocycles. The molecule has 2 aliphatic rings. The van der Waals surface area contributed by atoms with Gasteiger partial charge in [0.1, 0.15) is 6.61 Å². The van der Waals surface area contributed by atoms with Gasteiger partial charge in [0, 0.05) is 29.2 Å². The number of fused-ring (bicyclic) bond motifs is 2. The summed E-state index contributed by atoms with van der Waals surface area (Å²) < 4.78 is 6.52. The molecule has 0 aliphatic carbocycles. The fraction of sp³-hybridized carbons (Fsp3) is 0.300. The fourth-order valence-electron chi connectivity index (χ4n) is 3.58. The summed E-state index contributed by atoms with van der Waals surface area (Å²) >= 11 is 3.55. The second-order valence-corrected chi connectivity index (χ2v) is 7.52. The van der Waals surface area contributed by atoms with E-state index in [9.17, 15) is 4.79 Å². The molecule has 1 amide bonds. The molecule has 2 aromatic carbocycles. The summed E-state index contributed by atoms with van der Waals surface area (Å²) in [6, 6.07) is 16.0. The van der Waals surface area contributed by atoms with Crippen molar-refractivity contribution in [3.8, 4) is 0 Å². The van der Waals surface area contributed by atoms with Crippen molar-refractivity contribution in [3.05, 3.63) is 64.1 Å². The number of amides is 1. The van der Waals surface area contributed by atoms with Crippen molar-refractivity contribution in [2.24, 2.45) is 4.99 Å². The Morgan fingerprint density at radius 2 is 1.92 bits per heavy atom. The van der Waals surface area contributed by atoms with E-state index in [4.69, 9.17) is 4.74 Å². The van der Waals surface area contributed by atoms with Crippen molar-refractivity contribution in [1.29, 1.82) is 0 Å². The van der Waals surface area contributed by atoms with Crippen molar-refractivity contribution in [2.75, 3.05) is 13.1 Å². The number of hydrogen-bond donors (Lipinski definition) is 0. The number of hydrogen-bond acceptors (Lipinski definition) is 3. The van der Waals surface area contributed by atoms with Crippen LogP contribution >= 0.6 is 15.9 Å². The van der Waals surface area contributed by atoms with Gasteiger partial charge in [0.05, 0.1) is 5.69 Å². The molecule has 0 saturated carbocycles. The summed E-state index contributed by atoms with van der Waals surface area (Å²) in [5, 5.41) is 0. The van der Waals surface area contributed by atoms with Gasteiger partial charge in [0.25, 0.3) is 0 Å². The molecular formula is C20H19BrN2O2. The number of aliphatic imine (C=N–C) groups is 1. The summed E-state index contributed by atoms with van der Waals surface area (Å²) in [6.45, 7) is 1.69. The first kappa shape index (κ1) is 16.3. The monoisotopic (exact) mass is 398 g/mol. The van der Waals surface area contributed by atoms with Crippen LogP contribution in [0.25, 0.3) is 0 Å². The molecule has 0 radical (unpaired) electrons. The largest absolute Gasteiger partial charge is 0.445 e. The van der Waals surface area contributed by atoms with Gasteiger partial charge in [-0.3, -0.25) is 4.99 Å². The standard InChI is InChI=1S/C20H19BrN2O2/c21-16-6-7-18-17(12-16)20(14-22-18)8-10-23(11-9-20)19(24)25-13-15-4-2-1-3-5-15/h1-7,12,14H,8-11,13H2. The Bertz CT molecular complexity index is 812. The number of likely N-dealkylation sites (tertiary alicyclic amines) is 1. The van der Waals surface area contributed by atoms with Crippen molar-refractivity contribution < 1.29 is 9.53 Å². The highest BCUT2D eigenvalue weighted by Crippen LogP contribution is 2.44. The van der Waals surface area contributed by atoms with Gasteiger partial charge in [-0.2, -0.15) is 0 Å². The van der Waals surface area contributed by atoms with Crippen molar-refractivity contribution >= 4 is 33.9 Å². The smallest absolute Gasteiger partial charge is 0.410 e. The first-order valence-electron chi connectivity index (χ1n) is 8.47. The van der Waals surface area contributed by atoms with Crippen LogP contribution in [0.1, 0.15) is 24.0 Å². The van der Waals surface area contributed by atoms with Crippen molar-refractivity contribution in [3.63, 3.8) is 0 Å². The Kier molecular flexibility index (Phi) is 4.34. The Morgan fingerprint density at radius 1 is 1.16 bits per heavy atom. The lowest BCUT2D eigenvalue weighted by Gasteiger charge is -2.37. The maximum atomic E-state index is 12.3. The minimum absolute atomic E-state index is 0.0463. The highest BCUT2D eigenvalue weighted by Gasteiger charge is 2.40. The Hall–Kier alpha value is -2.14. The van der Waals surface area contributed by atoms with E-state index in [-0.39, 0.29) is 11.5 Å². The first-order valence-corrected chi connectivity index (χ1v) is 9.26. The molecule has 25 heavy (non-hydrogen) atoms. The van der Waals surface area contributed by atoms with Gasteiger partial charge in [-0.1, -0.05) is 46.3 Å². The highest BCUT2D eigenvalue weighted by molar-refractivity contribution is 9.10. The van der Waals surface area contributed by atoms with Gasteiger partial charge in [0.2, 0.25) is 0 Å². The van der Waals surface area contributed by atoms with Crippen molar-refractivity contribution in [1.82, 2.24) is 4.90 Å². The summed E-state index contributed by atoms with van der Waals surface area (Å²) in [5.74, 6) is 0. The van der Waals surface area contributed by atoms with E-state index >= 15 is 0 Å². The molecule has 4 rings (SSSR count). The minimum atomic E-state index is -0.233. The number of carbonyl (C=O) groups is 1. The van der Waals surface area contributed by atoms with Crippen LogP contribution < -0.4 is 0 Å². The molecule has 2 heterocycles. The quantitative estimate of drug-likeness (QED) is 0.726. The molecular weight excluding hydrogens is 380 g/mol. The Balaban J connectivity index is 1.38. The zero-order valence-corrected chi connectivity index (χ0v) is 15.4. The maximum absolute atomic E-state index is 12.3. The molecule has 1 fully saturated rings. The van der Waals surface area contributed by atoms with Gasteiger partial charge < -0.3 is 9.64 Å². The average molecular weight is 399 g/mol. The zero-order chi connectivity index (χ0) is 17.3. The van der Waals surface area contributed by atoms with Crippen LogP contribution in [-0.2, 0) is 16.8 Å². The second kappa shape index (κ2) is 6.64. The maximum Gasteiger partial charge on any atom is 0.410 e. The summed E-state index contributed by atoms with van der Waals surface area (Å²) in [4.78, 5) is 18.7. The molecule has 0 atom stereocenters. The number of carbonyl (C=O) groups excluding carboxylic acids is 1. The van der Waals surface area contributed by atoms with E-state index in [1.165, 1.54) is 5.56 Å². The van der Waals surface area contributed by atoms with E-state index in [0.29, 0.717) is 19.7 Å². The third-order valence-corrected chi connectivity index (χ3v) is 5.56. The van der Waals surface area contributed by atoms with E-state index in [1.54, 1.807) is 4.90 Å². The molecule has 0 aromatic heterocycles. The molecule has 0 unspecified atom stereocenters. The fourth-order valence-corrected chi connectivity index (χ4v) is 3.94. The number of ether oxygens (including phenoxy) is 1. The Labute approximate surface area is 155 Å². The van der Waals surface area contributed by atoms with E-state index in [1.807, 2.05) is 42.5 Å². The number of piperidine rings is 1. The summed E-state index contributed by atoms with van der Waals surface area (Å²) in [5.41, 5.74) is 3.27. The second-order valence-electron chi connectivity index (χ2n) is 6.60. The van der Waals surface area contributed by atoms with Crippen LogP contribution in [0.2, 0.25) is 0 Å². The lowest BCUT2D eigenvalue weighted by atomic mass is 9.75. The number of halogens is 1. The van der Waals surface area contributed by atoms with Crippen LogP contribution in [0, 0.1) is 0 Å². The number of benzene rings is 2. The van der Waals surface area contributed by atoms with Gasteiger partial charge in [-0.05, 0) is 42.2 Å². The SMILES string of the molecule is O=C(OCc1ccccc1)N1CCC2(C=Nc3ccc(Br)cc32)CC1. The lowest BCUT2D eigenvalue weighted by molar-refractivity contribution is 0.0841. The van der Waals surface area contributed by atoms with E-state index < -0.39 is 0 Å². The third kappa shape index (κ3) is 3.21. The van der Waals surface area contributed by atoms with E-state index in [2.05, 4.69) is 33.2 Å². The molecule has 128 valence electrons. The minimum Gasteiger partial charge on any atom is -0.445 e. The van der Waals surface area contributed by atoms with E-state index in [0.717, 1.165) is 28.6 Å². The lowest BCUT2D eigenvalue weighted by Crippen LogP contribution is -2.45.